The average Bonchev–Trinajstić information content (AvgIpc) is 2.71. The Balaban J connectivity index is 1.82. The monoisotopic (exact) mass is 260 g/mol. The Hall–Kier alpha value is -1.39. The van der Waals surface area contributed by atoms with Gasteiger partial charge in [0, 0.05) is 19.0 Å². The molecule has 0 aliphatic heterocycles. The smallest absolute Gasteiger partial charge is 0.0841 e. The number of unbranched alkanes of at least 4 members (excludes halogenated alkanes) is 1. The molecule has 2 rings (SSSR count). The van der Waals surface area contributed by atoms with E-state index in [1.54, 1.807) is 0 Å². The molecule has 1 aromatic carbocycles. The molecule has 104 valence electrons. The van der Waals surface area contributed by atoms with Crippen molar-refractivity contribution in [1.29, 1.82) is 0 Å². The molecule has 0 unspecified atom stereocenters. The number of aryl methyl sites for hydroxylation is 1. The summed E-state index contributed by atoms with van der Waals surface area (Å²) in [6, 6.07) is 8.39. The van der Waals surface area contributed by atoms with E-state index >= 15 is 0 Å². The Bertz CT molecular complexity index is 516. The largest absolute Gasteiger partial charge is 0.311 e. The molecule has 0 saturated heterocycles. The van der Waals surface area contributed by atoms with Gasteiger partial charge in [0.05, 0.1) is 11.2 Å². The van der Waals surface area contributed by atoms with E-state index in [2.05, 4.69) is 53.7 Å². The highest BCUT2D eigenvalue weighted by Gasteiger charge is 2.06. The SMILES string of the molecule is CN(C)CCCCNCc1nn(C)c2ccccc12. The quantitative estimate of drug-likeness (QED) is 0.773. The third-order valence-electron chi connectivity index (χ3n) is 3.34. The van der Waals surface area contributed by atoms with E-state index in [4.69, 9.17) is 0 Å². The summed E-state index contributed by atoms with van der Waals surface area (Å²) >= 11 is 0. The summed E-state index contributed by atoms with van der Waals surface area (Å²) in [6.45, 7) is 3.07. The van der Waals surface area contributed by atoms with Crippen molar-refractivity contribution in [2.45, 2.75) is 19.4 Å². The van der Waals surface area contributed by atoms with Gasteiger partial charge in [-0.15, -0.1) is 0 Å². The maximum atomic E-state index is 4.58. The lowest BCUT2D eigenvalue weighted by Crippen LogP contribution is -2.18. The highest BCUT2D eigenvalue weighted by Crippen LogP contribution is 2.16. The van der Waals surface area contributed by atoms with Gasteiger partial charge in [0.15, 0.2) is 0 Å². The van der Waals surface area contributed by atoms with Crippen LogP contribution in [0.25, 0.3) is 10.9 Å². The van der Waals surface area contributed by atoms with Gasteiger partial charge in [-0.25, -0.2) is 0 Å². The third-order valence-corrected chi connectivity index (χ3v) is 3.34. The van der Waals surface area contributed by atoms with E-state index in [9.17, 15) is 0 Å². The Labute approximate surface area is 115 Å². The summed E-state index contributed by atoms with van der Waals surface area (Å²) in [6.07, 6.45) is 2.45. The Kier molecular flexibility index (Phi) is 4.93. The van der Waals surface area contributed by atoms with E-state index in [0.717, 1.165) is 25.3 Å². The fraction of sp³-hybridized carbons (Fsp3) is 0.533. The first-order valence-electron chi connectivity index (χ1n) is 6.94. The third kappa shape index (κ3) is 3.78. The van der Waals surface area contributed by atoms with Gasteiger partial charge >= 0.3 is 0 Å². The number of nitrogens with zero attached hydrogens (tertiary/aromatic N) is 3. The van der Waals surface area contributed by atoms with Crippen molar-refractivity contribution in [3.05, 3.63) is 30.0 Å². The minimum absolute atomic E-state index is 0.851. The average molecular weight is 260 g/mol. The first kappa shape index (κ1) is 14.0. The zero-order valence-corrected chi connectivity index (χ0v) is 12.2. The fourth-order valence-electron chi connectivity index (χ4n) is 2.30. The maximum absolute atomic E-state index is 4.58. The molecule has 0 spiro atoms. The van der Waals surface area contributed by atoms with Crippen molar-refractivity contribution in [3.8, 4) is 0 Å². The molecule has 4 nitrogen and oxygen atoms in total. The molecule has 0 amide bonds. The molecule has 0 radical (unpaired) electrons. The van der Waals surface area contributed by atoms with Crippen LogP contribution in [0.2, 0.25) is 0 Å². The summed E-state index contributed by atoms with van der Waals surface area (Å²) in [4.78, 5) is 2.23. The van der Waals surface area contributed by atoms with Crippen LogP contribution in [0.3, 0.4) is 0 Å². The summed E-state index contributed by atoms with van der Waals surface area (Å²) in [5.41, 5.74) is 2.35. The standard InChI is InChI=1S/C15H24N4/c1-18(2)11-7-6-10-16-12-14-13-8-4-5-9-15(13)19(3)17-14/h4-5,8-9,16H,6-7,10-12H2,1-3H3. The molecule has 0 bridgehead atoms. The Morgan fingerprint density at radius 3 is 2.79 bits per heavy atom. The summed E-state index contributed by atoms with van der Waals surface area (Å²) in [7, 11) is 6.24. The number of nitrogens with one attached hydrogen (secondary N) is 1. The molecule has 2 aromatic rings. The molecule has 19 heavy (non-hydrogen) atoms. The second kappa shape index (κ2) is 6.68. The second-order valence-corrected chi connectivity index (χ2v) is 5.27. The predicted molar refractivity (Wildman–Crippen MR) is 80.2 cm³/mol. The molecule has 0 saturated carbocycles. The summed E-state index contributed by atoms with van der Waals surface area (Å²) < 4.78 is 1.96. The van der Waals surface area contributed by atoms with E-state index in [1.165, 1.54) is 23.7 Å². The zero-order chi connectivity index (χ0) is 13.7. The van der Waals surface area contributed by atoms with E-state index < -0.39 is 0 Å². The molecule has 0 aliphatic rings. The number of rotatable bonds is 7. The predicted octanol–water partition coefficient (Wildman–Crippen LogP) is 2.00. The van der Waals surface area contributed by atoms with Gasteiger partial charge in [-0.3, -0.25) is 4.68 Å². The van der Waals surface area contributed by atoms with Crippen LogP contribution in [0, 0.1) is 0 Å². The number of fused-ring (bicyclic) bond motifs is 1. The van der Waals surface area contributed by atoms with Crippen LogP contribution in [0.4, 0.5) is 0 Å². The lowest BCUT2D eigenvalue weighted by atomic mass is 10.2. The van der Waals surface area contributed by atoms with E-state index in [-0.39, 0.29) is 0 Å². The van der Waals surface area contributed by atoms with Gasteiger partial charge in [-0.2, -0.15) is 5.10 Å². The van der Waals surface area contributed by atoms with Gasteiger partial charge in [-0.1, -0.05) is 18.2 Å². The number of benzene rings is 1. The van der Waals surface area contributed by atoms with Crippen molar-refractivity contribution >= 4 is 10.9 Å². The van der Waals surface area contributed by atoms with Gasteiger partial charge in [0.1, 0.15) is 0 Å². The number of hydrogen-bond donors (Lipinski definition) is 1. The number of hydrogen-bond acceptors (Lipinski definition) is 3. The molecular weight excluding hydrogens is 236 g/mol. The van der Waals surface area contributed by atoms with Crippen molar-refractivity contribution in [3.63, 3.8) is 0 Å². The molecule has 0 atom stereocenters. The highest BCUT2D eigenvalue weighted by molar-refractivity contribution is 5.81. The van der Waals surface area contributed by atoms with Gasteiger partial charge < -0.3 is 10.2 Å². The minimum Gasteiger partial charge on any atom is -0.311 e. The molecule has 0 fully saturated rings. The molecular formula is C15H24N4. The number of para-hydroxylation sites is 1. The lowest BCUT2D eigenvalue weighted by molar-refractivity contribution is 0.391. The highest BCUT2D eigenvalue weighted by atomic mass is 15.3. The van der Waals surface area contributed by atoms with Crippen LogP contribution in [0.1, 0.15) is 18.5 Å². The Morgan fingerprint density at radius 2 is 2.00 bits per heavy atom. The Morgan fingerprint density at radius 1 is 1.21 bits per heavy atom. The first-order chi connectivity index (χ1) is 9.18. The van der Waals surface area contributed by atoms with Gasteiger partial charge in [0.2, 0.25) is 0 Å². The van der Waals surface area contributed by atoms with Gasteiger partial charge in [-0.05, 0) is 46.1 Å². The topological polar surface area (TPSA) is 33.1 Å². The van der Waals surface area contributed by atoms with E-state index in [0.29, 0.717) is 0 Å². The van der Waals surface area contributed by atoms with Crippen molar-refractivity contribution in [2.24, 2.45) is 7.05 Å². The summed E-state index contributed by atoms with van der Waals surface area (Å²) in [5.74, 6) is 0. The maximum Gasteiger partial charge on any atom is 0.0841 e. The van der Waals surface area contributed by atoms with Crippen molar-refractivity contribution < 1.29 is 0 Å². The van der Waals surface area contributed by atoms with Crippen LogP contribution in [-0.4, -0.2) is 41.9 Å². The van der Waals surface area contributed by atoms with Crippen LogP contribution in [0.5, 0.6) is 0 Å². The summed E-state index contributed by atoms with van der Waals surface area (Å²) in [5, 5.41) is 9.32. The van der Waals surface area contributed by atoms with Crippen LogP contribution in [0.15, 0.2) is 24.3 Å². The number of aromatic nitrogens is 2. The molecule has 1 heterocycles. The fourth-order valence-corrected chi connectivity index (χ4v) is 2.30. The molecule has 1 aromatic heterocycles. The van der Waals surface area contributed by atoms with Crippen LogP contribution < -0.4 is 5.32 Å². The molecule has 0 aliphatic carbocycles. The first-order valence-corrected chi connectivity index (χ1v) is 6.94. The molecule has 1 N–H and O–H groups in total. The normalized spacial score (nSPS) is 11.6. The minimum atomic E-state index is 0.851. The lowest BCUT2D eigenvalue weighted by Gasteiger charge is -2.08. The second-order valence-electron chi connectivity index (χ2n) is 5.27. The zero-order valence-electron chi connectivity index (χ0n) is 12.2. The van der Waals surface area contributed by atoms with Gasteiger partial charge in [0.25, 0.3) is 0 Å². The van der Waals surface area contributed by atoms with Crippen molar-refractivity contribution in [2.75, 3.05) is 27.2 Å². The van der Waals surface area contributed by atoms with Crippen LogP contribution >= 0.6 is 0 Å². The van der Waals surface area contributed by atoms with Crippen molar-refractivity contribution in [1.82, 2.24) is 20.0 Å². The van der Waals surface area contributed by atoms with E-state index in [1.807, 2.05) is 11.7 Å². The van der Waals surface area contributed by atoms with Crippen LogP contribution in [-0.2, 0) is 13.6 Å². The molecule has 4 heteroatoms.